The SMILES string of the molecule is CCOC(=S)SC(=O)OC1CCC(C(C)(C)C)CC1. The van der Waals surface area contributed by atoms with Crippen LogP contribution in [0.25, 0.3) is 0 Å². The van der Waals surface area contributed by atoms with Crippen molar-refractivity contribution in [2.24, 2.45) is 11.3 Å². The smallest absolute Gasteiger partial charge is 0.376 e. The van der Waals surface area contributed by atoms with Crippen molar-refractivity contribution in [3.63, 3.8) is 0 Å². The van der Waals surface area contributed by atoms with Crippen molar-refractivity contribution < 1.29 is 14.3 Å². The predicted molar refractivity (Wildman–Crippen MR) is 83.5 cm³/mol. The molecule has 1 rings (SSSR count). The third-order valence-electron chi connectivity index (χ3n) is 3.59. The summed E-state index contributed by atoms with van der Waals surface area (Å²) in [6.45, 7) is 9.16. The van der Waals surface area contributed by atoms with Gasteiger partial charge in [0.1, 0.15) is 6.10 Å². The minimum Gasteiger partial charge on any atom is -0.478 e. The molecule has 0 unspecified atom stereocenters. The first-order chi connectivity index (χ1) is 8.82. The highest BCUT2D eigenvalue weighted by Crippen LogP contribution is 2.38. The second kappa shape index (κ2) is 7.48. The van der Waals surface area contributed by atoms with E-state index in [9.17, 15) is 4.79 Å². The van der Waals surface area contributed by atoms with Crippen molar-refractivity contribution >= 4 is 33.7 Å². The number of carbonyl (C=O) groups excluding carboxylic acids is 1. The Morgan fingerprint density at radius 2 is 1.84 bits per heavy atom. The van der Waals surface area contributed by atoms with Crippen LogP contribution in [0.15, 0.2) is 0 Å². The average molecular weight is 304 g/mol. The zero-order valence-electron chi connectivity index (χ0n) is 12.2. The van der Waals surface area contributed by atoms with Gasteiger partial charge in [0.2, 0.25) is 4.38 Å². The summed E-state index contributed by atoms with van der Waals surface area (Å²) in [6.07, 6.45) is 4.21. The van der Waals surface area contributed by atoms with Crippen LogP contribution in [-0.4, -0.2) is 22.4 Å². The number of rotatable bonds is 2. The van der Waals surface area contributed by atoms with Gasteiger partial charge in [-0.15, -0.1) is 0 Å². The number of carbonyl (C=O) groups is 1. The van der Waals surface area contributed by atoms with Crippen LogP contribution in [0.3, 0.4) is 0 Å². The van der Waals surface area contributed by atoms with E-state index < -0.39 is 0 Å². The van der Waals surface area contributed by atoms with Crippen molar-refractivity contribution in [3.05, 3.63) is 0 Å². The molecule has 1 aliphatic carbocycles. The highest BCUT2D eigenvalue weighted by Gasteiger charge is 2.31. The van der Waals surface area contributed by atoms with E-state index in [4.69, 9.17) is 21.7 Å². The zero-order chi connectivity index (χ0) is 14.5. The molecule has 0 N–H and O–H groups in total. The van der Waals surface area contributed by atoms with Gasteiger partial charge in [0.05, 0.1) is 6.61 Å². The molecule has 0 radical (unpaired) electrons. The molecule has 5 heteroatoms. The first-order valence-corrected chi connectivity index (χ1v) is 8.10. The van der Waals surface area contributed by atoms with Gasteiger partial charge in [0.25, 0.3) is 0 Å². The van der Waals surface area contributed by atoms with Crippen molar-refractivity contribution in [1.29, 1.82) is 0 Å². The predicted octanol–water partition coefficient (Wildman–Crippen LogP) is 4.78. The maximum atomic E-state index is 11.6. The van der Waals surface area contributed by atoms with Crippen molar-refractivity contribution in [2.75, 3.05) is 6.61 Å². The fourth-order valence-corrected chi connectivity index (χ4v) is 3.24. The third-order valence-corrected chi connectivity index (χ3v) is 4.51. The summed E-state index contributed by atoms with van der Waals surface area (Å²) in [7, 11) is 0. The van der Waals surface area contributed by atoms with Crippen LogP contribution in [-0.2, 0) is 9.47 Å². The molecule has 0 aliphatic heterocycles. The summed E-state index contributed by atoms with van der Waals surface area (Å²) in [4.78, 5) is 11.6. The van der Waals surface area contributed by atoms with Gasteiger partial charge in [-0.25, -0.2) is 4.79 Å². The van der Waals surface area contributed by atoms with Crippen LogP contribution in [0.4, 0.5) is 4.79 Å². The molecule has 0 amide bonds. The topological polar surface area (TPSA) is 35.5 Å². The summed E-state index contributed by atoms with van der Waals surface area (Å²) in [6, 6.07) is 0. The molecule has 3 nitrogen and oxygen atoms in total. The fraction of sp³-hybridized carbons (Fsp3) is 0.857. The number of ether oxygens (including phenoxy) is 2. The lowest BCUT2D eigenvalue weighted by molar-refractivity contribution is 0.0595. The van der Waals surface area contributed by atoms with Gasteiger partial charge in [-0.2, -0.15) is 0 Å². The molecular formula is C14H24O3S2. The van der Waals surface area contributed by atoms with Crippen LogP contribution < -0.4 is 0 Å². The second-order valence-corrected chi connectivity index (χ2v) is 7.53. The van der Waals surface area contributed by atoms with Gasteiger partial charge in [-0.05, 0) is 56.2 Å². The van der Waals surface area contributed by atoms with Crippen molar-refractivity contribution in [2.45, 2.75) is 59.5 Å². The Kier molecular flexibility index (Phi) is 6.60. The quantitative estimate of drug-likeness (QED) is 0.542. The normalized spacial score (nSPS) is 23.8. The van der Waals surface area contributed by atoms with E-state index in [1.165, 1.54) is 0 Å². The molecule has 0 atom stereocenters. The van der Waals surface area contributed by atoms with Gasteiger partial charge >= 0.3 is 5.30 Å². The van der Waals surface area contributed by atoms with Crippen LogP contribution >= 0.6 is 24.0 Å². The Bertz CT molecular complexity index is 315. The Morgan fingerprint density at radius 1 is 1.26 bits per heavy atom. The molecule has 0 aromatic heterocycles. The van der Waals surface area contributed by atoms with Crippen LogP contribution in [0.1, 0.15) is 53.4 Å². The number of thiocarbonyl (C=S) groups is 1. The molecule has 0 bridgehead atoms. The monoisotopic (exact) mass is 304 g/mol. The summed E-state index contributed by atoms with van der Waals surface area (Å²) < 4.78 is 10.7. The Balaban J connectivity index is 2.29. The fourth-order valence-electron chi connectivity index (χ4n) is 2.42. The first-order valence-electron chi connectivity index (χ1n) is 6.88. The number of thioether (sulfide) groups is 1. The Labute approximate surface area is 125 Å². The van der Waals surface area contributed by atoms with E-state index in [0.29, 0.717) is 12.0 Å². The lowest BCUT2D eigenvalue weighted by atomic mass is 9.72. The zero-order valence-corrected chi connectivity index (χ0v) is 13.9. The van der Waals surface area contributed by atoms with Crippen LogP contribution in [0.5, 0.6) is 0 Å². The van der Waals surface area contributed by atoms with Crippen molar-refractivity contribution in [1.82, 2.24) is 0 Å². The highest BCUT2D eigenvalue weighted by atomic mass is 32.2. The molecule has 0 spiro atoms. The largest absolute Gasteiger partial charge is 0.478 e. The molecule has 1 aliphatic rings. The molecule has 110 valence electrons. The van der Waals surface area contributed by atoms with Gasteiger partial charge in [0, 0.05) is 11.8 Å². The van der Waals surface area contributed by atoms with E-state index in [2.05, 4.69) is 20.8 Å². The molecular weight excluding hydrogens is 280 g/mol. The van der Waals surface area contributed by atoms with E-state index in [-0.39, 0.29) is 15.8 Å². The first kappa shape index (κ1) is 16.8. The van der Waals surface area contributed by atoms with Crippen LogP contribution in [0, 0.1) is 11.3 Å². The highest BCUT2D eigenvalue weighted by molar-refractivity contribution is 8.32. The van der Waals surface area contributed by atoms with Crippen molar-refractivity contribution in [3.8, 4) is 0 Å². The third kappa shape index (κ3) is 6.13. The van der Waals surface area contributed by atoms with Gasteiger partial charge < -0.3 is 9.47 Å². The van der Waals surface area contributed by atoms with E-state index in [1.54, 1.807) is 0 Å². The van der Waals surface area contributed by atoms with Gasteiger partial charge in [-0.3, -0.25) is 0 Å². The average Bonchev–Trinajstić information content (AvgIpc) is 2.28. The molecule has 0 aromatic rings. The van der Waals surface area contributed by atoms with E-state index in [1.807, 2.05) is 6.92 Å². The Morgan fingerprint density at radius 3 is 2.32 bits per heavy atom. The number of hydrogen-bond donors (Lipinski definition) is 0. The summed E-state index contributed by atoms with van der Waals surface area (Å²) >= 11 is 5.78. The lowest BCUT2D eigenvalue weighted by Crippen LogP contribution is -2.29. The molecule has 1 saturated carbocycles. The lowest BCUT2D eigenvalue weighted by Gasteiger charge is -2.36. The maximum absolute atomic E-state index is 11.6. The molecule has 19 heavy (non-hydrogen) atoms. The van der Waals surface area contributed by atoms with E-state index >= 15 is 0 Å². The van der Waals surface area contributed by atoms with Crippen LogP contribution in [0.2, 0.25) is 0 Å². The standard InChI is InChI=1S/C14H24O3S2/c1-5-16-13(18)19-12(15)17-11-8-6-10(7-9-11)14(2,3)4/h10-11H,5-9H2,1-4H3. The summed E-state index contributed by atoms with van der Waals surface area (Å²) in [5.41, 5.74) is 0.347. The second-order valence-electron chi connectivity index (χ2n) is 5.99. The summed E-state index contributed by atoms with van der Waals surface area (Å²) in [5.74, 6) is 0.722. The molecule has 1 fully saturated rings. The number of hydrogen-bond acceptors (Lipinski definition) is 5. The minimum absolute atomic E-state index is 0.0445. The van der Waals surface area contributed by atoms with Gasteiger partial charge in [0.15, 0.2) is 0 Å². The molecule has 0 heterocycles. The minimum atomic E-state index is -0.336. The molecule has 0 saturated heterocycles. The van der Waals surface area contributed by atoms with E-state index in [0.717, 1.165) is 43.4 Å². The Hall–Kier alpha value is -0.290. The molecule has 0 aromatic carbocycles. The maximum Gasteiger partial charge on any atom is 0.376 e. The van der Waals surface area contributed by atoms with Gasteiger partial charge in [-0.1, -0.05) is 20.8 Å². The summed E-state index contributed by atoms with van der Waals surface area (Å²) in [5, 5.41) is -0.336.